The van der Waals surface area contributed by atoms with Gasteiger partial charge in [0.2, 0.25) is 11.8 Å². The quantitative estimate of drug-likeness (QED) is 0.456. The number of hydrogen-bond donors (Lipinski definition) is 0. The fourth-order valence-electron chi connectivity index (χ4n) is 4.78. The molecule has 2 fully saturated rings. The number of anilines is 1. The molecule has 1 aromatic heterocycles. The molecule has 126 valence electrons. The monoisotopic (exact) mass is 335 g/mol. The molecule has 5 heteroatoms. The summed E-state index contributed by atoms with van der Waals surface area (Å²) in [7, 11) is 0. The highest BCUT2D eigenvalue weighted by molar-refractivity contribution is 6.23. The average molecular weight is 335 g/mol. The number of rotatable bonds is 1. The zero-order valence-corrected chi connectivity index (χ0v) is 13.8. The Morgan fingerprint density at radius 3 is 2.20 bits per heavy atom. The maximum atomic E-state index is 13.0. The van der Waals surface area contributed by atoms with E-state index in [1.54, 1.807) is 18.2 Å². The Bertz CT molecular complexity index is 986. The van der Waals surface area contributed by atoms with Crippen LogP contribution in [0.2, 0.25) is 0 Å². The molecule has 0 unspecified atom stereocenters. The molecule has 0 N–H and O–H groups in total. The Labute approximate surface area is 143 Å². The minimum absolute atomic E-state index is 0.122. The van der Waals surface area contributed by atoms with E-state index in [1.165, 1.54) is 11.0 Å². The fraction of sp³-hybridized carbons (Fsp3) is 0.350. The van der Waals surface area contributed by atoms with Gasteiger partial charge >= 0.3 is 5.63 Å². The number of carbonyl (C=O) groups is 2. The summed E-state index contributed by atoms with van der Waals surface area (Å²) >= 11 is 0. The zero-order valence-electron chi connectivity index (χ0n) is 13.8. The average Bonchev–Trinajstić information content (AvgIpc) is 2.88. The zero-order chi connectivity index (χ0) is 17.3. The molecule has 2 amide bonds. The van der Waals surface area contributed by atoms with Crippen molar-refractivity contribution in [3.63, 3.8) is 0 Å². The molecule has 1 aliphatic heterocycles. The highest BCUT2D eigenvalue weighted by atomic mass is 16.4. The van der Waals surface area contributed by atoms with E-state index in [1.807, 2.05) is 6.92 Å². The van der Waals surface area contributed by atoms with Crippen molar-refractivity contribution in [2.45, 2.75) is 19.8 Å². The summed E-state index contributed by atoms with van der Waals surface area (Å²) in [6, 6.07) is 6.63. The van der Waals surface area contributed by atoms with Gasteiger partial charge in [-0.1, -0.05) is 12.2 Å². The van der Waals surface area contributed by atoms with Gasteiger partial charge in [0.25, 0.3) is 0 Å². The van der Waals surface area contributed by atoms with E-state index < -0.39 is 5.63 Å². The van der Waals surface area contributed by atoms with Crippen LogP contribution in [0, 0.1) is 30.6 Å². The van der Waals surface area contributed by atoms with Crippen molar-refractivity contribution in [2.75, 3.05) is 4.90 Å². The summed E-state index contributed by atoms with van der Waals surface area (Å²) in [5.41, 5.74) is 1.27. The second kappa shape index (κ2) is 4.91. The number of fused-ring (bicyclic) bond motifs is 2. The number of imide groups is 1. The lowest BCUT2D eigenvalue weighted by Gasteiger charge is -2.38. The van der Waals surface area contributed by atoms with Gasteiger partial charge in [-0.05, 0) is 49.3 Å². The molecule has 2 aromatic rings. The maximum Gasteiger partial charge on any atom is 0.336 e. The van der Waals surface area contributed by atoms with Crippen LogP contribution in [-0.2, 0) is 9.59 Å². The highest BCUT2D eigenvalue weighted by Crippen LogP contribution is 2.50. The predicted molar refractivity (Wildman–Crippen MR) is 92.0 cm³/mol. The molecular weight excluding hydrogens is 318 g/mol. The Kier molecular flexibility index (Phi) is 2.87. The Morgan fingerprint density at radius 1 is 0.960 bits per heavy atom. The van der Waals surface area contributed by atoms with E-state index in [9.17, 15) is 14.4 Å². The summed E-state index contributed by atoms with van der Waals surface area (Å²) in [4.78, 5) is 38.9. The molecule has 1 aromatic carbocycles. The normalized spacial score (nSPS) is 30.4. The molecule has 1 saturated carbocycles. The third-order valence-corrected chi connectivity index (χ3v) is 5.95. The van der Waals surface area contributed by atoms with Gasteiger partial charge in [0.15, 0.2) is 0 Å². The first-order valence-electron chi connectivity index (χ1n) is 8.65. The lowest BCUT2D eigenvalue weighted by Crippen LogP contribution is -2.38. The highest BCUT2D eigenvalue weighted by Gasteiger charge is 2.56. The van der Waals surface area contributed by atoms with E-state index in [0.717, 1.165) is 23.8 Å². The molecule has 5 nitrogen and oxygen atoms in total. The first-order chi connectivity index (χ1) is 12.0. The number of carbonyl (C=O) groups excluding carboxylic acids is 2. The van der Waals surface area contributed by atoms with E-state index in [2.05, 4.69) is 12.2 Å². The van der Waals surface area contributed by atoms with Gasteiger partial charge in [-0.25, -0.2) is 9.69 Å². The first-order valence-corrected chi connectivity index (χ1v) is 8.65. The van der Waals surface area contributed by atoms with Gasteiger partial charge in [0.05, 0.1) is 17.5 Å². The molecule has 2 heterocycles. The molecule has 4 aliphatic rings. The van der Waals surface area contributed by atoms with Gasteiger partial charge < -0.3 is 4.42 Å². The molecule has 1 saturated heterocycles. The summed E-state index contributed by atoms with van der Waals surface area (Å²) in [5.74, 6) is -0.395. The van der Waals surface area contributed by atoms with Crippen LogP contribution in [0.3, 0.4) is 0 Å². The largest absolute Gasteiger partial charge is 0.423 e. The number of benzene rings is 1. The lowest BCUT2D eigenvalue weighted by atomic mass is 9.63. The Balaban J connectivity index is 1.62. The number of nitrogens with zero attached hydrogens (tertiary/aromatic N) is 1. The van der Waals surface area contributed by atoms with Crippen molar-refractivity contribution in [3.8, 4) is 0 Å². The van der Waals surface area contributed by atoms with Gasteiger partial charge in [-0.3, -0.25) is 9.59 Å². The van der Waals surface area contributed by atoms with Crippen LogP contribution in [0.5, 0.6) is 0 Å². The molecule has 25 heavy (non-hydrogen) atoms. The SMILES string of the molecule is Cc1cc(=O)oc2cc(N3C(=O)[C@@H]4[C@H](C3=O)[C@@H]3C=C[C@H]4CC3)ccc12. The first kappa shape index (κ1) is 14.6. The summed E-state index contributed by atoms with van der Waals surface area (Å²) in [6.45, 7) is 1.84. The van der Waals surface area contributed by atoms with Crippen molar-refractivity contribution >= 4 is 28.5 Å². The van der Waals surface area contributed by atoms with Crippen molar-refractivity contribution in [1.82, 2.24) is 0 Å². The summed E-state index contributed by atoms with van der Waals surface area (Å²) in [6.07, 6.45) is 6.15. The summed E-state index contributed by atoms with van der Waals surface area (Å²) < 4.78 is 5.27. The van der Waals surface area contributed by atoms with Crippen LogP contribution < -0.4 is 10.5 Å². The summed E-state index contributed by atoms with van der Waals surface area (Å²) in [5, 5.41) is 0.807. The fourth-order valence-corrected chi connectivity index (χ4v) is 4.78. The topological polar surface area (TPSA) is 67.6 Å². The standard InChI is InChI=1S/C20H17NO4/c1-10-8-16(22)25-15-9-13(6-7-14(10)15)21-19(23)17-11-2-3-12(5-4-11)18(17)20(21)24/h2-3,6-9,11-12,17-18H,4-5H2,1H3/t11-,12+,17-,18+. The number of hydrogen-bond acceptors (Lipinski definition) is 4. The maximum absolute atomic E-state index is 13.0. The van der Waals surface area contributed by atoms with Crippen LogP contribution in [0.25, 0.3) is 11.0 Å². The van der Waals surface area contributed by atoms with E-state index >= 15 is 0 Å². The van der Waals surface area contributed by atoms with Crippen molar-refractivity contribution in [3.05, 3.63) is 52.4 Å². The van der Waals surface area contributed by atoms with E-state index in [-0.39, 0.29) is 35.5 Å². The third kappa shape index (κ3) is 1.92. The van der Waals surface area contributed by atoms with Gasteiger partial charge in [-0.2, -0.15) is 0 Å². The van der Waals surface area contributed by atoms with Crippen LogP contribution >= 0.6 is 0 Å². The molecular formula is C20H17NO4. The van der Waals surface area contributed by atoms with E-state index in [0.29, 0.717) is 11.3 Å². The van der Waals surface area contributed by atoms with Crippen molar-refractivity contribution in [1.29, 1.82) is 0 Å². The third-order valence-electron chi connectivity index (χ3n) is 5.95. The Morgan fingerprint density at radius 2 is 1.60 bits per heavy atom. The second-order valence-corrected chi connectivity index (χ2v) is 7.28. The molecule has 2 bridgehead atoms. The van der Waals surface area contributed by atoms with Crippen molar-refractivity contribution in [2.24, 2.45) is 23.7 Å². The lowest BCUT2D eigenvalue weighted by molar-refractivity contribution is -0.124. The van der Waals surface area contributed by atoms with Gasteiger partial charge in [-0.15, -0.1) is 0 Å². The molecule has 3 aliphatic carbocycles. The van der Waals surface area contributed by atoms with Crippen LogP contribution in [0.1, 0.15) is 18.4 Å². The number of aryl methyl sites for hydroxylation is 1. The van der Waals surface area contributed by atoms with Gasteiger partial charge in [0.1, 0.15) is 5.58 Å². The van der Waals surface area contributed by atoms with E-state index in [4.69, 9.17) is 4.42 Å². The second-order valence-electron chi connectivity index (χ2n) is 7.28. The van der Waals surface area contributed by atoms with Crippen LogP contribution in [0.4, 0.5) is 5.69 Å². The number of allylic oxidation sites excluding steroid dienone is 2. The molecule has 0 radical (unpaired) electrons. The minimum Gasteiger partial charge on any atom is -0.423 e. The molecule has 0 spiro atoms. The number of amides is 2. The van der Waals surface area contributed by atoms with Crippen LogP contribution in [-0.4, -0.2) is 11.8 Å². The molecule has 4 atom stereocenters. The van der Waals surface area contributed by atoms with Crippen molar-refractivity contribution < 1.29 is 14.0 Å². The predicted octanol–water partition coefficient (Wildman–Crippen LogP) is 2.80. The Hall–Kier alpha value is -2.69. The van der Waals surface area contributed by atoms with Crippen LogP contribution in [0.15, 0.2) is 45.6 Å². The molecule has 6 rings (SSSR count). The van der Waals surface area contributed by atoms with Gasteiger partial charge in [0, 0.05) is 17.5 Å². The smallest absolute Gasteiger partial charge is 0.336 e. The minimum atomic E-state index is -0.433.